The molecule has 1 atom stereocenters. The molecule has 2 aromatic rings. The number of methoxy groups -OCH3 is 2. The van der Waals surface area contributed by atoms with Crippen LogP contribution < -0.4 is 10.1 Å². The van der Waals surface area contributed by atoms with Crippen molar-refractivity contribution in [3.8, 4) is 5.75 Å². The zero-order valence-electron chi connectivity index (χ0n) is 14.5. The predicted octanol–water partition coefficient (Wildman–Crippen LogP) is 1.88. The lowest BCUT2D eigenvalue weighted by atomic mass is 10.0. The first kappa shape index (κ1) is 18.8. The molecule has 3 rings (SSSR count). The number of sulfonamides is 1. The maximum Gasteiger partial charge on any atom is 0.348 e. The summed E-state index contributed by atoms with van der Waals surface area (Å²) >= 11 is 1.06. The van der Waals surface area contributed by atoms with Crippen LogP contribution >= 0.6 is 11.3 Å². The standard InChI is InChI=1S/C17H20N2O5S2/c1-23-15-6-4-3-5-13(15)14-10-18-7-8-19(14)26(21,22)12-9-16(25-11-12)17(20)24-2/h3-6,9,11,14,18H,7-8,10H2,1-2H3. The topological polar surface area (TPSA) is 84.9 Å². The number of carbonyl (C=O) groups is 1. The van der Waals surface area contributed by atoms with Crippen molar-refractivity contribution in [2.24, 2.45) is 0 Å². The van der Waals surface area contributed by atoms with E-state index in [0.717, 1.165) is 16.9 Å². The minimum Gasteiger partial charge on any atom is -0.496 e. The Morgan fingerprint density at radius 3 is 2.81 bits per heavy atom. The molecule has 0 saturated carbocycles. The van der Waals surface area contributed by atoms with Crippen molar-refractivity contribution in [3.63, 3.8) is 0 Å². The molecule has 1 aromatic carbocycles. The van der Waals surface area contributed by atoms with Gasteiger partial charge in [-0.1, -0.05) is 18.2 Å². The van der Waals surface area contributed by atoms with Crippen LogP contribution in [0.25, 0.3) is 0 Å². The normalized spacial score (nSPS) is 18.5. The van der Waals surface area contributed by atoms with Gasteiger partial charge in [-0.05, 0) is 12.1 Å². The van der Waals surface area contributed by atoms with Crippen LogP contribution in [0.4, 0.5) is 0 Å². The van der Waals surface area contributed by atoms with Crippen LogP contribution in [-0.4, -0.2) is 52.5 Å². The lowest BCUT2D eigenvalue weighted by Crippen LogP contribution is -2.48. The highest BCUT2D eigenvalue weighted by Gasteiger charge is 2.36. The van der Waals surface area contributed by atoms with Gasteiger partial charge in [0, 0.05) is 30.6 Å². The van der Waals surface area contributed by atoms with Crippen LogP contribution in [0.3, 0.4) is 0 Å². The molecule has 1 saturated heterocycles. The molecule has 0 amide bonds. The van der Waals surface area contributed by atoms with Gasteiger partial charge in [0.1, 0.15) is 10.6 Å². The summed E-state index contributed by atoms with van der Waals surface area (Å²) in [6.07, 6.45) is 0. The van der Waals surface area contributed by atoms with Crippen molar-refractivity contribution in [2.75, 3.05) is 33.9 Å². The van der Waals surface area contributed by atoms with Crippen LogP contribution in [0.5, 0.6) is 5.75 Å². The fraction of sp³-hybridized carbons (Fsp3) is 0.353. The van der Waals surface area contributed by atoms with E-state index in [1.807, 2.05) is 24.3 Å². The zero-order valence-corrected chi connectivity index (χ0v) is 16.1. The molecule has 1 aliphatic heterocycles. The van der Waals surface area contributed by atoms with Crippen molar-refractivity contribution in [3.05, 3.63) is 46.2 Å². The first-order chi connectivity index (χ1) is 12.5. The number of nitrogens with zero attached hydrogens (tertiary/aromatic N) is 1. The maximum absolute atomic E-state index is 13.2. The number of para-hydroxylation sites is 1. The summed E-state index contributed by atoms with van der Waals surface area (Å²) < 4.78 is 37.9. The van der Waals surface area contributed by atoms with E-state index in [1.54, 1.807) is 7.11 Å². The predicted molar refractivity (Wildman–Crippen MR) is 98.2 cm³/mol. The first-order valence-electron chi connectivity index (χ1n) is 8.01. The average molecular weight is 396 g/mol. The highest BCUT2D eigenvalue weighted by Crippen LogP contribution is 2.34. The Labute approximate surface area is 156 Å². The Morgan fingerprint density at radius 2 is 2.08 bits per heavy atom. The smallest absolute Gasteiger partial charge is 0.348 e. The number of esters is 1. The van der Waals surface area contributed by atoms with E-state index >= 15 is 0 Å². The molecule has 1 aromatic heterocycles. The highest BCUT2D eigenvalue weighted by molar-refractivity contribution is 7.89. The van der Waals surface area contributed by atoms with Crippen LogP contribution in [0.15, 0.2) is 40.6 Å². The fourth-order valence-electron chi connectivity index (χ4n) is 2.98. The van der Waals surface area contributed by atoms with E-state index in [9.17, 15) is 13.2 Å². The van der Waals surface area contributed by atoms with Gasteiger partial charge in [0.05, 0.1) is 25.2 Å². The Morgan fingerprint density at radius 1 is 1.31 bits per heavy atom. The number of benzene rings is 1. The summed E-state index contributed by atoms with van der Waals surface area (Å²) in [4.78, 5) is 12.0. The van der Waals surface area contributed by atoms with E-state index in [1.165, 1.54) is 22.9 Å². The Hall–Kier alpha value is -1.94. The van der Waals surface area contributed by atoms with Crippen LogP contribution in [0, 0.1) is 0 Å². The summed E-state index contributed by atoms with van der Waals surface area (Å²) in [6, 6.07) is 8.36. The fourth-order valence-corrected chi connectivity index (χ4v) is 5.76. The van der Waals surface area contributed by atoms with Gasteiger partial charge >= 0.3 is 5.97 Å². The van der Waals surface area contributed by atoms with Crippen LogP contribution in [-0.2, 0) is 14.8 Å². The molecule has 2 heterocycles. The molecule has 1 aliphatic rings. The Bertz CT molecular complexity index is 894. The van der Waals surface area contributed by atoms with Crippen molar-refractivity contribution in [1.82, 2.24) is 9.62 Å². The summed E-state index contributed by atoms with van der Waals surface area (Å²) in [5.41, 5.74) is 0.800. The second-order valence-corrected chi connectivity index (χ2v) is 8.52. The minimum absolute atomic E-state index is 0.102. The molecule has 1 N–H and O–H groups in total. The van der Waals surface area contributed by atoms with Gasteiger partial charge in [-0.25, -0.2) is 13.2 Å². The summed E-state index contributed by atoms with van der Waals surface area (Å²) in [6.45, 7) is 1.36. The Kier molecular flexibility index (Phi) is 5.61. The van der Waals surface area contributed by atoms with Crippen molar-refractivity contribution in [2.45, 2.75) is 10.9 Å². The summed E-state index contributed by atoms with van der Waals surface area (Å²) in [5, 5.41) is 4.71. The SMILES string of the molecule is COC(=O)c1cc(S(=O)(=O)N2CCNCC2c2ccccc2OC)cs1. The van der Waals surface area contributed by atoms with Gasteiger partial charge in [0.15, 0.2) is 0 Å². The van der Waals surface area contributed by atoms with Crippen molar-refractivity contribution < 1.29 is 22.7 Å². The molecular formula is C17H20N2O5S2. The Balaban J connectivity index is 1.99. The van der Waals surface area contributed by atoms with Gasteiger partial charge < -0.3 is 14.8 Å². The number of hydrogen-bond acceptors (Lipinski definition) is 7. The molecule has 0 aliphatic carbocycles. The van der Waals surface area contributed by atoms with Crippen LogP contribution in [0.1, 0.15) is 21.3 Å². The second-order valence-electron chi connectivity index (χ2n) is 5.72. The van der Waals surface area contributed by atoms with Gasteiger partial charge in [-0.3, -0.25) is 0 Å². The van der Waals surface area contributed by atoms with Gasteiger partial charge in [0.25, 0.3) is 0 Å². The number of rotatable bonds is 5. The number of hydrogen-bond donors (Lipinski definition) is 1. The summed E-state index contributed by atoms with van der Waals surface area (Å²) in [7, 11) is -0.932. The van der Waals surface area contributed by atoms with Gasteiger partial charge in [-0.2, -0.15) is 4.31 Å². The quantitative estimate of drug-likeness (QED) is 0.777. The number of ether oxygens (including phenoxy) is 2. The third-order valence-electron chi connectivity index (χ3n) is 4.26. The molecule has 1 fully saturated rings. The highest BCUT2D eigenvalue weighted by atomic mass is 32.2. The van der Waals surface area contributed by atoms with Crippen molar-refractivity contribution in [1.29, 1.82) is 0 Å². The molecule has 0 radical (unpaired) electrons. The molecule has 140 valence electrons. The van der Waals surface area contributed by atoms with Crippen molar-refractivity contribution >= 4 is 27.3 Å². The van der Waals surface area contributed by atoms with E-state index in [4.69, 9.17) is 4.74 Å². The lowest BCUT2D eigenvalue weighted by Gasteiger charge is -2.35. The maximum atomic E-state index is 13.2. The largest absolute Gasteiger partial charge is 0.496 e. The first-order valence-corrected chi connectivity index (χ1v) is 10.3. The molecule has 0 spiro atoms. The molecule has 1 unspecified atom stereocenters. The third-order valence-corrected chi connectivity index (χ3v) is 7.21. The van der Waals surface area contributed by atoms with Gasteiger partial charge in [0.2, 0.25) is 10.0 Å². The van der Waals surface area contributed by atoms with E-state index in [0.29, 0.717) is 25.4 Å². The zero-order chi connectivity index (χ0) is 18.7. The third kappa shape index (κ3) is 3.48. The molecular weight excluding hydrogens is 376 g/mol. The summed E-state index contributed by atoms with van der Waals surface area (Å²) in [5.74, 6) is 0.0972. The number of thiophene rings is 1. The molecule has 9 heteroatoms. The van der Waals surface area contributed by atoms with E-state index < -0.39 is 22.0 Å². The second kappa shape index (κ2) is 7.75. The molecule has 7 nitrogen and oxygen atoms in total. The van der Waals surface area contributed by atoms with E-state index in [-0.39, 0.29) is 9.77 Å². The van der Waals surface area contributed by atoms with E-state index in [2.05, 4.69) is 10.1 Å². The number of carbonyl (C=O) groups excluding carboxylic acids is 1. The monoisotopic (exact) mass is 396 g/mol. The number of piperazine rings is 1. The lowest BCUT2D eigenvalue weighted by molar-refractivity contribution is 0.0606. The molecule has 26 heavy (non-hydrogen) atoms. The average Bonchev–Trinajstić information content (AvgIpc) is 3.18. The number of nitrogens with one attached hydrogen (secondary N) is 1. The minimum atomic E-state index is -3.76. The van der Waals surface area contributed by atoms with Crippen LogP contribution in [0.2, 0.25) is 0 Å². The van der Waals surface area contributed by atoms with Gasteiger partial charge in [-0.15, -0.1) is 11.3 Å². The molecule has 0 bridgehead atoms.